The fourth-order valence-electron chi connectivity index (χ4n) is 2.90. The molecule has 0 saturated heterocycles. The minimum atomic E-state index is -0.443. The van der Waals surface area contributed by atoms with E-state index in [0.717, 1.165) is 19.3 Å². The van der Waals surface area contributed by atoms with Crippen LogP contribution in [0.1, 0.15) is 32.6 Å². The van der Waals surface area contributed by atoms with Gasteiger partial charge < -0.3 is 15.8 Å². The van der Waals surface area contributed by atoms with E-state index in [0.29, 0.717) is 18.7 Å². The van der Waals surface area contributed by atoms with E-state index in [1.54, 1.807) is 25.1 Å². The Morgan fingerprint density at radius 1 is 1.50 bits per heavy atom. The molecule has 22 heavy (non-hydrogen) atoms. The number of hydrogen-bond donors (Lipinski definition) is 2. The van der Waals surface area contributed by atoms with Crippen LogP contribution in [0, 0.1) is 16.0 Å². The molecule has 7 nitrogen and oxygen atoms in total. The van der Waals surface area contributed by atoms with Crippen LogP contribution in [-0.2, 0) is 4.79 Å². The molecule has 0 spiro atoms. The summed E-state index contributed by atoms with van der Waals surface area (Å²) in [6, 6.07) is 4.96. The lowest BCUT2D eigenvalue weighted by Crippen LogP contribution is -2.34. The summed E-state index contributed by atoms with van der Waals surface area (Å²) in [5.41, 5.74) is 5.73. The van der Waals surface area contributed by atoms with Gasteiger partial charge in [-0.15, -0.1) is 0 Å². The van der Waals surface area contributed by atoms with Crippen molar-refractivity contribution in [3.8, 4) is 5.75 Å². The Hall–Kier alpha value is -2.31. The first kappa shape index (κ1) is 16.1. The summed E-state index contributed by atoms with van der Waals surface area (Å²) in [7, 11) is 0. The van der Waals surface area contributed by atoms with Crippen molar-refractivity contribution in [3.63, 3.8) is 0 Å². The minimum Gasteiger partial charge on any atom is -0.487 e. The largest absolute Gasteiger partial charge is 0.487 e. The maximum absolute atomic E-state index is 11.3. The molecule has 2 rings (SSSR count). The van der Waals surface area contributed by atoms with E-state index in [9.17, 15) is 14.9 Å². The lowest BCUT2D eigenvalue weighted by Gasteiger charge is -2.28. The Bertz CT molecular complexity index is 562. The summed E-state index contributed by atoms with van der Waals surface area (Å²) in [5.74, 6) is -0.218. The van der Waals surface area contributed by atoms with Gasteiger partial charge in [0.1, 0.15) is 5.69 Å². The molecule has 0 aliphatic heterocycles. The highest BCUT2D eigenvalue weighted by Crippen LogP contribution is 2.36. The highest BCUT2D eigenvalue weighted by atomic mass is 16.6. The van der Waals surface area contributed by atoms with Gasteiger partial charge in [0.25, 0.3) is 0 Å². The van der Waals surface area contributed by atoms with Crippen LogP contribution < -0.4 is 15.8 Å². The van der Waals surface area contributed by atoms with Crippen LogP contribution in [-0.4, -0.2) is 23.5 Å². The SMILES string of the molecule is CCOc1cccc(N[C@H]2CCC[C@H](C(N)=O)C2)c1[N+](=O)[O-]. The molecule has 1 fully saturated rings. The number of nitro groups is 1. The molecule has 0 heterocycles. The molecule has 0 bridgehead atoms. The first-order valence-electron chi connectivity index (χ1n) is 7.49. The monoisotopic (exact) mass is 307 g/mol. The topological polar surface area (TPSA) is 107 Å². The van der Waals surface area contributed by atoms with Crippen molar-refractivity contribution < 1.29 is 14.5 Å². The summed E-state index contributed by atoms with van der Waals surface area (Å²) in [6.45, 7) is 2.14. The summed E-state index contributed by atoms with van der Waals surface area (Å²) in [5, 5.41) is 14.5. The summed E-state index contributed by atoms with van der Waals surface area (Å²) < 4.78 is 5.33. The molecule has 1 aromatic rings. The fraction of sp³-hybridized carbons (Fsp3) is 0.533. The first-order valence-corrected chi connectivity index (χ1v) is 7.49. The molecule has 1 saturated carbocycles. The lowest BCUT2D eigenvalue weighted by molar-refractivity contribution is -0.385. The molecule has 0 aromatic heterocycles. The van der Waals surface area contributed by atoms with Gasteiger partial charge in [-0.2, -0.15) is 0 Å². The number of nitrogens with one attached hydrogen (secondary N) is 1. The summed E-state index contributed by atoms with van der Waals surface area (Å²) >= 11 is 0. The Balaban J connectivity index is 2.20. The number of nitro benzene ring substituents is 1. The van der Waals surface area contributed by atoms with Gasteiger partial charge in [-0.25, -0.2) is 0 Å². The lowest BCUT2D eigenvalue weighted by atomic mass is 9.85. The maximum Gasteiger partial charge on any atom is 0.333 e. The van der Waals surface area contributed by atoms with E-state index in [1.165, 1.54) is 0 Å². The highest BCUT2D eigenvalue weighted by Gasteiger charge is 2.28. The van der Waals surface area contributed by atoms with E-state index in [2.05, 4.69) is 5.32 Å². The van der Waals surface area contributed by atoms with Gasteiger partial charge in [-0.1, -0.05) is 12.5 Å². The number of para-hydroxylation sites is 1. The highest BCUT2D eigenvalue weighted by molar-refractivity contribution is 5.77. The van der Waals surface area contributed by atoms with Crippen LogP contribution in [0.15, 0.2) is 18.2 Å². The molecular formula is C15H21N3O4. The van der Waals surface area contributed by atoms with Crippen molar-refractivity contribution in [1.82, 2.24) is 0 Å². The van der Waals surface area contributed by atoms with Gasteiger partial charge >= 0.3 is 5.69 Å². The molecule has 120 valence electrons. The number of carbonyl (C=O) groups is 1. The van der Waals surface area contributed by atoms with Crippen LogP contribution in [0.2, 0.25) is 0 Å². The van der Waals surface area contributed by atoms with Crippen LogP contribution in [0.3, 0.4) is 0 Å². The van der Waals surface area contributed by atoms with Gasteiger partial charge in [-0.3, -0.25) is 14.9 Å². The third-order valence-electron chi connectivity index (χ3n) is 3.92. The van der Waals surface area contributed by atoms with E-state index in [-0.39, 0.29) is 29.3 Å². The quantitative estimate of drug-likeness (QED) is 0.620. The van der Waals surface area contributed by atoms with Crippen molar-refractivity contribution in [2.75, 3.05) is 11.9 Å². The van der Waals surface area contributed by atoms with Crippen LogP contribution in [0.5, 0.6) is 5.75 Å². The molecule has 3 N–H and O–H groups in total. The van der Waals surface area contributed by atoms with Gasteiger partial charge in [0.2, 0.25) is 5.91 Å². The number of nitrogens with zero attached hydrogens (tertiary/aromatic N) is 1. The molecule has 0 radical (unpaired) electrons. The number of hydrogen-bond acceptors (Lipinski definition) is 5. The van der Waals surface area contributed by atoms with E-state index in [4.69, 9.17) is 10.5 Å². The number of benzene rings is 1. The second kappa shape index (κ2) is 7.11. The molecule has 1 aromatic carbocycles. The third kappa shape index (κ3) is 3.66. The molecule has 2 atom stereocenters. The van der Waals surface area contributed by atoms with E-state index >= 15 is 0 Å². The Kier molecular flexibility index (Phi) is 5.19. The second-order valence-electron chi connectivity index (χ2n) is 5.45. The number of carbonyl (C=O) groups excluding carboxylic acids is 1. The first-order chi connectivity index (χ1) is 10.5. The number of anilines is 1. The van der Waals surface area contributed by atoms with Crippen molar-refractivity contribution in [3.05, 3.63) is 28.3 Å². The Morgan fingerprint density at radius 2 is 2.27 bits per heavy atom. The third-order valence-corrected chi connectivity index (χ3v) is 3.92. The van der Waals surface area contributed by atoms with Crippen molar-refractivity contribution in [2.24, 2.45) is 11.7 Å². The van der Waals surface area contributed by atoms with E-state index < -0.39 is 4.92 Å². The number of rotatable bonds is 6. The van der Waals surface area contributed by atoms with Crippen LogP contribution in [0.25, 0.3) is 0 Å². The zero-order chi connectivity index (χ0) is 16.1. The summed E-state index contributed by atoms with van der Waals surface area (Å²) in [4.78, 5) is 22.2. The molecular weight excluding hydrogens is 286 g/mol. The normalized spacial score (nSPS) is 21.1. The number of ether oxygens (including phenoxy) is 1. The molecule has 0 unspecified atom stereocenters. The van der Waals surface area contributed by atoms with Gasteiger partial charge in [-0.05, 0) is 38.3 Å². The number of nitrogens with two attached hydrogens (primary N) is 1. The predicted octanol–water partition coefficient (Wildman–Crippen LogP) is 2.45. The molecule has 1 amide bonds. The van der Waals surface area contributed by atoms with E-state index in [1.807, 2.05) is 0 Å². The zero-order valence-electron chi connectivity index (χ0n) is 12.6. The smallest absolute Gasteiger partial charge is 0.333 e. The minimum absolute atomic E-state index is 0.00169. The molecule has 1 aliphatic carbocycles. The average Bonchev–Trinajstić information content (AvgIpc) is 2.47. The predicted molar refractivity (Wildman–Crippen MR) is 82.8 cm³/mol. The van der Waals surface area contributed by atoms with Crippen molar-refractivity contribution >= 4 is 17.3 Å². The Morgan fingerprint density at radius 3 is 2.91 bits per heavy atom. The second-order valence-corrected chi connectivity index (χ2v) is 5.45. The van der Waals surface area contributed by atoms with Gasteiger partial charge in [0, 0.05) is 12.0 Å². The van der Waals surface area contributed by atoms with Crippen molar-refractivity contribution in [2.45, 2.75) is 38.6 Å². The molecule has 1 aliphatic rings. The summed E-state index contributed by atoms with van der Waals surface area (Å²) in [6.07, 6.45) is 3.13. The maximum atomic E-state index is 11.3. The standard InChI is InChI=1S/C15H21N3O4/c1-2-22-13-8-4-7-12(14(13)18(20)21)17-11-6-3-5-10(9-11)15(16)19/h4,7-8,10-11,17H,2-3,5-6,9H2,1H3,(H2,16,19)/t10-,11-/m0/s1. The average molecular weight is 307 g/mol. The van der Waals surface area contributed by atoms with Crippen molar-refractivity contribution in [1.29, 1.82) is 0 Å². The number of primary amides is 1. The van der Waals surface area contributed by atoms with Crippen LogP contribution in [0.4, 0.5) is 11.4 Å². The Labute approximate surface area is 129 Å². The molecule has 7 heteroatoms. The van der Waals surface area contributed by atoms with Gasteiger partial charge in [0.05, 0.1) is 11.5 Å². The number of amides is 1. The fourth-order valence-corrected chi connectivity index (χ4v) is 2.90. The van der Waals surface area contributed by atoms with Gasteiger partial charge in [0.15, 0.2) is 5.75 Å². The zero-order valence-corrected chi connectivity index (χ0v) is 12.6. The van der Waals surface area contributed by atoms with Crippen LogP contribution >= 0.6 is 0 Å².